The predicted octanol–water partition coefficient (Wildman–Crippen LogP) is 3.87. The molecule has 0 saturated carbocycles. The topological polar surface area (TPSA) is 29.5 Å². The van der Waals surface area contributed by atoms with E-state index in [4.69, 9.17) is 4.74 Å². The molecule has 0 saturated heterocycles. The van der Waals surface area contributed by atoms with Gasteiger partial charge in [0.05, 0.1) is 11.7 Å². The molecule has 0 fully saturated rings. The van der Waals surface area contributed by atoms with E-state index in [1.165, 1.54) is 0 Å². The molecule has 17 heavy (non-hydrogen) atoms. The van der Waals surface area contributed by atoms with Gasteiger partial charge in [-0.25, -0.2) is 0 Å². The van der Waals surface area contributed by atoms with Crippen molar-refractivity contribution in [3.8, 4) is 5.75 Å². The summed E-state index contributed by atoms with van der Waals surface area (Å²) in [6, 6.07) is 7.81. The minimum Gasteiger partial charge on any atom is -0.491 e. The van der Waals surface area contributed by atoms with Gasteiger partial charge in [0, 0.05) is 5.56 Å². The van der Waals surface area contributed by atoms with Gasteiger partial charge < -0.3 is 9.84 Å². The quantitative estimate of drug-likeness (QED) is 0.812. The Hall–Kier alpha value is -1.02. The van der Waals surface area contributed by atoms with Gasteiger partial charge in [0.1, 0.15) is 5.75 Å². The molecular weight excluding hydrogens is 212 g/mol. The molecule has 2 nitrogen and oxygen atoms in total. The van der Waals surface area contributed by atoms with E-state index in [9.17, 15) is 5.11 Å². The van der Waals surface area contributed by atoms with Gasteiger partial charge in [0.2, 0.25) is 0 Å². The van der Waals surface area contributed by atoms with Crippen molar-refractivity contribution in [2.45, 2.75) is 58.7 Å². The zero-order valence-electron chi connectivity index (χ0n) is 11.4. The monoisotopic (exact) mass is 236 g/mol. The van der Waals surface area contributed by atoms with E-state index in [0.717, 1.165) is 24.2 Å². The summed E-state index contributed by atoms with van der Waals surface area (Å²) in [6.07, 6.45) is 2.56. The van der Waals surface area contributed by atoms with Crippen LogP contribution in [0.15, 0.2) is 24.3 Å². The van der Waals surface area contributed by atoms with Crippen LogP contribution in [0.3, 0.4) is 0 Å². The lowest BCUT2D eigenvalue weighted by Gasteiger charge is -2.29. The fourth-order valence-electron chi connectivity index (χ4n) is 2.12. The van der Waals surface area contributed by atoms with Gasteiger partial charge in [-0.2, -0.15) is 0 Å². The van der Waals surface area contributed by atoms with Crippen LogP contribution in [0.25, 0.3) is 0 Å². The van der Waals surface area contributed by atoms with Gasteiger partial charge in [-0.3, -0.25) is 0 Å². The second kappa shape index (κ2) is 6.06. The molecule has 0 heterocycles. The van der Waals surface area contributed by atoms with E-state index in [1.54, 1.807) is 0 Å². The lowest BCUT2D eigenvalue weighted by atomic mass is 9.86. The van der Waals surface area contributed by atoms with Crippen molar-refractivity contribution in [2.75, 3.05) is 0 Å². The minimum atomic E-state index is -0.764. The van der Waals surface area contributed by atoms with Crippen LogP contribution in [-0.2, 0) is 5.60 Å². The second-order valence-electron chi connectivity index (χ2n) is 4.80. The zero-order valence-corrected chi connectivity index (χ0v) is 11.4. The maximum atomic E-state index is 10.7. The van der Waals surface area contributed by atoms with Crippen molar-refractivity contribution >= 4 is 0 Å². The molecule has 1 N–H and O–H groups in total. The highest BCUT2D eigenvalue weighted by atomic mass is 16.5. The Morgan fingerprint density at radius 3 is 2.41 bits per heavy atom. The van der Waals surface area contributed by atoms with Crippen LogP contribution in [0.4, 0.5) is 0 Å². The Morgan fingerprint density at radius 2 is 1.88 bits per heavy atom. The van der Waals surface area contributed by atoms with Crippen LogP contribution in [0.1, 0.15) is 52.5 Å². The van der Waals surface area contributed by atoms with Gasteiger partial charge in [0.15, 0.2) is 0 Å². The van der Waals surface area contributed by atoms with Gasteiger partial charge in [-0.1, -0.05) is 38.5 Å². The first-order valence-corrected chi connectivity index (χ1v) is 6.52. The highest BCUT2D eigenvalue weighted by molar-refractivity contribution is 5.38. The van der Waals surface area contributed by atoms with Crippen LogP contribution in [0.5, 0.6) is 5.75 Å². The summed E-state index contributed by atoms with van der Waals surface area (Å²) in [5.74, 6) is 0.806. The molecule has 0 radical (unpaired) electrons. The maximum absolute atomic E-state index is 10.7. The van der Waals surface area contributed by atoms with Crippen molar-refractivity contribution in [1.29, 1.82) is 0 Å². The smallest absolute Gasteiger partial charge is 0.125 e. The molecule has 1 aromatic rings. The first kappa shape index (κ1) is 14.0. The molecule has 0 amide bonds. The minimum absolute atomic E-state index is 0.124. The standard InChI is InChI=1S/C15H24O2/c1-5-11-15(16,6-2)13-9-7-8-10-14(13)17-12(3)4/h7-10,12,16H,5-6,11H2,1-4H3. The highest BCUT2D eigenvalue weighted by Gasteiger charge is 2.29. The Labute approximate surface area is 105 Å². The summed E-state index contributed by atoms with van der Waals surface area (Å²) in [5, 5.41) is 10.7. The molecule has 0 aliphatic heterocycles. The van der Waals surface area contributed by atoms with Crippen LogP contribution < -0.4 is 4.74 Å². The largest absolute Gasteiger partial charge is 0.491 e. The summed E-state index contributed by atoms with van der Waals surface area (Å²) in [7, 11) is 0. The van der Waals surface area contributed by atoms with Crippen molar-refractivity contribution in [2.24, 2.45) is 0 Å². The first-order chi connectivity index (χ1) is 8.03. The molecule has 96 valence electrons. The lowest BCUT2D eigenvalue weighted by molar-refractivity contribution is 0.0190. The average Bonchev–Trinajstić information content (AvgIpc) is 2.29. The molecule has 0 aliphatic rings. The summed E-state index contributed by atoms with van der Waals surface area (Å²) in [4.78, 5) is 0. The zero-order chi connectivity index (χ0) is 12.9. The van der Waals surface area contributed by atoms with E-state index in [-0.39, 0.29) is 6.10 Å². The number of aliphatic hydroxyl groups is 1. The molecule has 1 atom stereocenters. The van der Waals surface area contributed by atoms with E-state index in [1.807, 2.05) is 45.0 Å². The van der Waals surface area contributed by atoms with E-state index in [2.05, 4.69) is 6.92 Å². The van der Waals surface area contributed by atoms with Gasteiger partial charge in [-0.15, -0.1) is 0 Å². The van der Waals surface area contributed by atoms with Crippen molar-refractivity contribution in [1.82, 2.24) is 0 Å². The fourth-order valence-corrected chi connectivity index (χ4v) is 2.12. The predicted molar refractivity (Wildman–Crippen MR) is 71.3 cm³/mol. The van der Waals surface area contributed by atoms with E-state index < -0.39 is 5.60 Å². The molecule has 1 aromatic carbocycles. The molecule has 0 aliphatic carbocycles. The number of benzene rings is 1. The van der Waals surface area contributed by atoms with Crippen LogP contribution in [-0.4, -0.2) is 11.2 Å². The number of hydrogen-bond donors (Lipinski definition) is 1. The number of hydrogen-bond acceptors (Lipinski definition) is 2. The summed E-state index contributed by atoms with van der Waals surface area (Å²) in [6.45, 7) is 8.11. The van der Waals surface area contributed by atoms with E-state index >= 15 is 0 Å². The normalized spacial score (nSPS) is 14.7. The first-order valence-electron chi connectivity index (χ1n) is 6.52. The Kier molecular flexibility index (Phi) is 5.01. The maximum Gasteiger partial charge on any atom is 0.125 e. The molecule has 1 rings (SSSR count). The number of para-hydroxylation sites is 1. The Balaban J connectivity index is 3.09. The SMILES string of the molecule is CCCC(O)(CC)c1ccccc1OC(C)C. The highest BCUT2D eigenvalue weighted by Crippen LogP contribution is 2.36. The van der Waals surface area contributed by atoms with Crippen molar-refractivity contribution < 1.29 is 9.84 Å². The molecule has 2 heteroatoms. The Bertz CT molecular complexity index is 347. The summed E-state index contributed by atoms with van der Waals surface area (Å²) < 4.78 is 5.78. The van der Waals surface area contributed by atoms with Crippen LogP contribution in [0, 0.1) is 0 Å². The molecule has 1 unspecified atom stereocenters. The van der Waals surface area contributed by atoms with Crippen molar-refractivity contribution in [3.05, 3.63) is 29.8 Å². The molecule has 0 bridgehead atoms. The Morgan fingerprint density at radius 1 is 1.24 bits per heavy atom. The van der Waals surface area contributed by atoms with Crippen molar-refractivity contribution in [3.63, 3.8) is 0 Å². The van der Waals surface area contributed by atoms with Crippen LogP contribution >= 0.6 is 0 Å². The lowest BCUT2D eigenvalue weighted by Crippen LogP contribution is -2.26. The fraction of sp³-hybridized carbons (Fsp3) is 0.600. The number of ether oxygens (including phenoxy) is 1. The van der Waals surface area contributed by atoms with Crippen LogP contribution in [0.2, 0.25) is 0 Å². The summed E-state index contributed by atoms with van der Waals surface area (Å²) in [5.41, 5.74) is 0.151. The molecular formula is C15H24O2. The summed E-state index contributed by atoms with van der Waals surface area (Å²) >= 11 is 0. The van der Waals surface area contributed by atoms with E-state index in [0.29, 0.717) is 6.42 Å². The average molecular weight is 236 g/mol. The van der Waals surface area contributed by atoms with Gasteiger partial charge >= 0.3 is 0 Å². The van der Waals surface area contributed by atoms with Gasteiger partial charge in [0.25, 0.3) is 0 Å². The van der Waals surface area contributed by atoms with Gasteiger partial charge in [-0.05, 0) is 32.8 Å². The number of rotatable bonds is 6. The second-order valence-corrected chi connectivity index (χ2v) is 4.80. The third-order valence-electron chi connectivity index (χ3n) is 3.00. The molecule has 0 spiro atoms. The third-order valence-corrected chi connectivity index (χ3v) is 3.00. The third kappa shape index (κ3) is 3.47. The molecule has 0 aromatic heterocycles.